The van der Waals surface area contributed by atoms with Gasteiger partial charge in [-0.25, -0.2) is 9.37 Å². The Labute approximate surface area is 212 Å². The fraction of sp³-hybridized carbons (Fsp3) is 0.423. The summed E-state index contributed by atoms with van der Waals surface area (Å²) >= 11 is 0. The Kier molecular flexibility index (Phi) is 6.77. The number of carbonyl (C=O) groups excluding carboxylic acids is 4. The number of methoxy groups -OCH3 is 1. The number of nitrogens with zero attached hydrogens (tertiary/aromatic N) is 3. The molecule has 2 fully saturated rings. The molecule has 5 rings (SSSR count). The van der Waals surface area contributed by atoms with Crippen LogP contribution in [0.1, 0.15) is 58.4 Å². The highest BCUT2D eigenvalue weighted by Gasteiger charge is 2.39. The molecule has 0 saturated carbocycles. The summed E-state index contributed by atoms with van der Waals surface area (Å²) in [5.41, 5.74) is 1.13. The van der Waals surface area contributed by atoms with Gasteiger partial charge in [-0.3, -0.25) is 24.5 Å². The van der Waals surface area contributed by atoms with E-state index >= 15 is 0 Å². The third kappa shape index (κ3) is 4.85. The first kappa shape index (κ1) is 24.7. The molecular weight excluding hydrogens is 483 g/mol. The number of benzene rings is 1. The number of nitrogens with one attached hydrogen (secondary N) is 1. The lowest BCUT2D eigenvalue weighted by Gasteiger charge is -2.35. The van der Waals surface area contributed by atoms with Gasteiger partial charge in [0, 0.05) is 31.1 Å². The third-order valence-electron chi connectivity index (χ3n) is 7.10. The van der Waals surface area contributed by atoms with Crippen LogP contribution >= 0.6 is 0 Å². The predicted octanol–water partition coefficient (Wildman–Crippen LogP) is 2.06. The molecule has 1 aromatic heterocycles. The second kappa shape index (κ2) is 10.2. The Bertz CT molecular complexity index is 1270. The van der Waals surface area contributed by atoms with Gasteiger partial charge in [0.15, 0.2) is 5.82 Å². The molecule has 194 valence electrons. The highest BCUT2D eigenvalue weighted by Crippen LogP contribution is 2.31. The Morgan fingerprint density at radius 3 is 2.81 bits per heavy atom. The number of amides is 4. The van der Waals surface area contributed by atoms with Crippen LogP contribution in [-0.4, -0.2) is 70.8 Å². The van der Waals surface area contributed by atoms with Crippen LogP contribution in [0.5, 0.6) is 11.6 Å². The summed E-state index contributed by atoms with van der Waals surface area (Å²) in [5.74, 6) is -1.50. The molecule has 2 atom stereocenters. The van der Waals surface area contributed by atoms with Crippen molar-refractivity contribution in [3.05, 3.63) is 53.0 Å². The van der Waals surface area contributed by atoms with Crippen molar-refractivity contribution in [2.75, 3.05) is 20.3 Å². The number of carbonyl (C=O) groups is 4. The second-order valence-corrected chi connectivity index (χ2v) is 9.38. The molecule has 1 unspecified atom stereocenters. The molecule has 0 radical (unpaired) electrons. The normalized spacial score (nSPS) is 21.5. The average molecular weight is 511 g/mol. The van der Waals surface area contributed by atoms with E-state index in [4.69, 9.17) is 9.47 Å². The molecular formula is C26H27FN4O6. The van der Waals surface area contributed by atoms with Gasteiger partial charge in [0.2, 0.25) is 17.7 Å². The zero-order valence-electron chi connectivity index (χ0n) is 20.4. The minimum absolute atomic E-state index is 0.0941. The van der Waals surface area contributed by atoms with E-state index in [1.807, 2.05) is 0 Å². The largest absolute Gasteiger partial charge is 0.491 e. The first-order chi connectivity index (χ1) is 17.9. The Morgan fingerprint density at radius 1 is 1.19 bits per heavy atom. The van der Waals surface area contributed by atoms with E-state index in [1.54, 1.807) is 23.1 Å². The van der Waals surface area contributed by atoms with Crippen LogP contribution in [0.4, 0.5) is 4.39 Å². The Morgan fingerprint density at radius 2 is 2.03 bits per heavy atom. The highest BCUT2D eigenvalue weighted by molar-refractivity contribution is 6.05. The van der Waals surface area contributed by atoms with E-state index in [-0.39, 0.29) is 48.9 Å². The van der Waals surface area contributed by atoms with Crippen LogP contribution < -0.4 is 14.8 Å². The molecule has 2 saturated heterocycles. The topological polar surface area (TPSA) is 118 Å². The van der Waals surface area contributed by atoms with Crippen LogP contribution in [0.15, 0.2) is 30.5 Å². The Hall–Kier alpha value is -4.02. The van der Waals surface area contributed by atoms with Crippen molar-refractivity contribution in [3.8, 4) is 11.6 Å². The van der Waals surface area contributed by atoms with Crippen LogP contribution in [-0.2, 0) is 16.1 Å². The molecule has 0 aliphatic carbocycles. The number of rotatable bonds is 6. The minimum Gasteiger partial charge on any atom is -0.491 e. The van der Waals surface area contributed by atoms with Gasteiger partial charge in [-0.1, -0.05) is 0 Å². The molecule has 4 heterocycles. The number of ether oxygens (including phenoxy) is 2. The lowest BCUT2D eigenvalue weighted by atomic mass is 10.0. The van der Waals surface area contributed by atoms with Crippen molar-refractivity contribution >= 4 is 23.6 Å². The molecule has 11 heteroatoms. The van der Waals surface area contributed by atoms with Crippen LogP contribution in [0.2, 0.25) is 0 Å². The second-order valence-electron chi connectivity index (χ2n) is 9.38. The van der Waals surface area contributed by atoms with Gasteiger partial charge < -0.3 is 19.3 Å². The summed E-state index contributed by atoms with van der Waals surface area (Å²) in [6.07, 6.45) is 3.90. The number of halogens is 1. The standard InChI is InChI=1S/C26H27FN4O6/c1-36-23-11-19(20(27)12-28-23)26(35)30-9-3-2-4-16(30)14-37-17-5-6-18-15(10-17)13-31(25(18)34)21-7-8-22(32)29-24(21)33/h5-6,10-12,16,21H,2-4,7-9,13-14H2,1H3,(H,29,32,33)/t16-,21?/m0/s1. The molecule has 3 aliphatic rings. The third-order valence-corrected chi connectivity index (χ3v) is 7.10. The van der Waals surface area contributed by atoms with Crippen molar-refractivity contribution < 1.29 is 33.0 Å². The number of hydrogen-bond acceptors (Lipinski definition) is 7. The van der Waals surface area contributed by atoms with E-state index in [1.165, 1.54) is 18.1 Å². The number of fused-ring (bicyclic) bond motifs is 1. The molecule has 0 bridgehead atoms. The zero-order chi connectivity index (χ0) is 26.1. The lowest BCUT2D eigenvalue weighted by molar-refractivity contribution is -0.136. The maximum Gasteiger partial charge on any atom is 0.257 e. The van der Waals surface area contributed by atoms with Crippen LogP contribution in [0.3, 0.4) is 0 Å². The molecule has 1 N–H and O–H groups in total. The SMILES string of the molecule is COc1cc(C(=O)N2CCCC[C@H]2COc2ccc3c(c2)CN(C2CCC(=O)NC2=O)C3=O)c(F)cn1. The van der Waals surface area contributed by atoms with E-state index in [0.29, 0.717) is 30.7 Å². The molecule has 3 aliphatic heterocycles. The maximum absolute atomic E-state index is 14.4. The first-order valence-corrected chi connectivity index (χ1v) is 12.3. The number of imide groups is 1. The van der Waals surface area contributed by atoms with Gasteiger partial charge in [-0.15, -0.1) is 0 Å². The van der Waals surface area contributed by atoms with E-state index in [2.05, 4.69) is 10.3 Å². The fourth-order valence-corrected chi connectivity index (χ4v) is 5.12. The summed E-state index contributed by atoms with van der Waals surface area (Å²) in [4.78, 5) is 56.7. The van der Waals surface area contributed by atoms with Crippen molar-refractivity contribution in [2.45, 2.75) is 50.7 Å². The number of hydrogen-bond donors (Lipinski definition) is 1. The van der Waals surface area contributed by atoms with Gasteiger partial charge in [0.1, 0.15) is 18.4 Å². The summed E-state index contributed by atoms with van der Waals surface area (Å²) in [5, 5.41) is 2.29. The van der Waals surface area contributed by atoms with Gasteiger partial charge >= 0.3 is 0 Å². The molecule has 10 nitrogen and oxygen atoms in total. The van der Waals surface area contributed by atoms with Gasteiger partial charge in [0.25, 0.3) is 11.8 Å². The van der Waals surface area contributed by atoms with E-state index in [9.17, 15) is 23.6 Å². The number of aromatic nitrogens is 1. The molecule has 37 heavy (non-hydrogen) atoms. The monoisotopic (exact) mass is 510 g/mol. The van der Waals surface area contributed by atoms with Gasteiger partial charge in [-0.05, 0) is 49.4 Å². The number of likely N-dealkylation sites (tertiary alicyclic amines) is 1. The van der Waals surface area contributed by atoms with Crippen LogP contribution in [0.25, 0.3) is 0 Å². The van der Waals surface area contributed by atoms with Gasteiger partial charge in [0.05, 0.1) is 24.9 Å². The Balaban J connectivity index is 1.27. The molecule has 2 aromatic rings. The predicted molar refractivity (Wildman–Crippen MR) is 127 cm³/mol. The quantitative estimate of drug-likeness (QED) is 0.591. The van der Waals surface area contributed by atoms with E-state index in [0.717, 1.165) is 24.6 Å². The summed E-state index contributed by atoms with van der Waals surface area (Å²) in [6, 6.07) is 5.48. The minimum atomic E-state index is -0.708. The maximum atomic E-state index is 14.4. The smallest absolute Gasteiger partial charge is 0.257 e. The summed E-state index contributed by atoms with van der Waals surface area (Å²) < 4.78 is 25.5. The zero-order valence-corrected chi connectivity index (χ0v) is 20.4. The van der Waals surface area contributed by atoms with Gasteiger partial charge in [-0.2, -0.15) is 0 Å². The lowest BCUT2D eigenvalue weighted by Crippen LogP contribution is -2.52. The molecule has 1 aromatic carbocycles. The highest BCUT2D eigenvalue weighted by atomic mass is 19.1. The first-order valence-electron chi connectivity index (χ1n) is 12.3. The fourth-order valence-electron chi connectivity index (χ4n) is 5.12. The average Bonchev–Trinajstić information content (AvgIpc) is 3.22. The summed E-state index contributed by atoms with van der Waals surface area (Å²) in [6.45, 7) is 0.935. The van der Waals surface area contributed by atoms with Crippen molar-refractivity contribution in [1.82, 2.24) is 20.1 Å². The number of pyridine rings is 1. The number of piperidine rings is 2. The van der Waals surface area contributed by atoms with Crippen LogP contribution in [0, 0.1) is 5.82 Å². The summed E-state index contributed by atoms with van der Waals surface area (Å²) in [7, 11) is 1.40. The van der Waals surface area contributed by atoms with Crippen molar-refractivity contribution in [3.63, 3.8) is 0 Å². The van der Waals surface area contributed by atoms with Crippen molar-refractivity contribution in [2.24, 2.45) is 0 Å². The molecule has 4 amide bonds. The van der Waals surface area contributed by atoms with Crippen molar-refractivity contribution in [1.29, 1.82) is 0 Å². The molecule has 0 spiro atoms. The van der Waals surface area contributed by atoms with E-state index < -0.39 is 23.7 Å².